The summed E-state index contributed by atoms with van der Waals surface area (Å²) in [6.07, 6.45) is -5.51. The number of hydrogen-bond acceptors (Lipinski definition) is 1. The SMILES string of the molecule is CCCNC(CCC(F)(F)F)c1c(F)cc(F)cc1F. The summed E-state index contributed by atoms with van der Waals surface area (Å²) in [6, 6.07) is -0.212. The molecule has 0 aromatic heterocycles. The monoisotopic (exact) mass is 299 g/mol. The molecule has 114 valence electrons. The van der Waals surface area contributed by atoms with E-state index in [4.69, 9.17) is 0 Å². The van der Waals surface area contributed by atoms with Crippen LogP contribution in [-0.2, 0) is 0 Å². The van der Waals surface area contributed by atoms with Crippen molar-refractivity contribution in [2.24, 2.45) is 0 Å². The molecular formula is C13H15F6N. The Labute approximate surface area is 113 Å². The zero-order valence-corrected chi connectivity index (χ0v) is 10.8. The molecule has 0 aliphatic heterocycles. The van der Waals surface area contributed by atoms with Gasteiger partial charge in [-0.1, -0.05) is 6.92 Å². The van der Waals surface area contributed by atoms with Gasteiger partial charge in [0.1, 0.15) is 17.5 Å². The van der Waals surface area contributed by atoms with Crippen LogP contribution in [-0.4, -0.2) is 12.7 Å². The van der Waals surface area contributed by atoms with Crippen LogP contribution in [0, 0.1) is 17.5 Å². The van der Waals surface area contributed by atoms with E-state index in [1.54, 1.807) is 6.92 Å². The first-order valence-electron chi connectivity index (χ1n) is 6.19. The lowest BCUT2D eigenvalue weighted by molar-refractivity contribution is -0.136. The molecule has 1 atom stereocenters. The number of nitrogens with one attached hydrogen (secondary N) is 1. The molecule has 20 heavy (non-hydrogen) atoms. The van der Waals surface area contributed by atoms with E-state index in [1.807, 2.05) is 0 Å². The quantitative estimate of drug-likeness (QED) is 0.763. The first-order chi connectivity index (χ1) is 9.24. The first-order valence-corrected chi connectivity index (χ1v) is 6.19. The van der Waals surface area contributed by atoms with Gasteiger partial charge in [0.05, 0.1) is 0 Å². The van der Waals surface area contributed by atoms with Gasteiger partial charge >= 0.3 is 6.18 Å². The number of alkyl halides is 3. The number of rotatable bonds is 6. The Morgan fingerprint density at radius 1 is 1.10 bits per heavy atom. The second-order valence-corrected chi connectivity index (χ2v) is 4.44. The smallest absolute Gasteiger partial charge is 0.310 e. The molecule has 0 saturated carbocycles. The van der Waals surface area contributed by atoms with Crippen molar-refractivity contribution in [1.29, 1.82) is 0 Å². The van der Waals surface area contributed by atoms with Gasteiger partial charge in [0.2, 0.25) is 0 Å². The average molecular weight is 299 g/mol. The molecule has 1 rings (SSSR count). The van der Waals surface area contributed by atoms with Crippen molar-refractivity contribution in [3.05, 3.63) is 35.1 Å². The van der Waals surface area contributed by atoms with Gasteiger partial charge in [-0.2, -0.15) is 13.2 Å². The number of hydrogen-bond donors (Lipinski definition) is 1. The van der Waals surface area contributed by atoms with E-state index in [0.717, 1.165) is 0 Å². The summed E-state index contributed by atoms with van der Waals surface area (Å²) in [7, 11) is 0. The van der Waals surface area contributed by atoms with E-state index < -0.39 is 48.1 Å². The van der Waals surface area contributed by atoms with Crippen molar-refractivity contribution < 1.29 is 26.3 Å². The van der Waals surface area contributed by atoms with Crippen molar-refractivity contribution in [1.82, 2.24) is 5.32 Å². The normalized spacial score (nSPS) is 13.6. The summed E-state index contributed by atoms with van der Waals surface area (Å²) in [5.74, 6) is -3.47. The molecule has 0 spiro atoms. The first kappa shape index (κ1) is 16.8. The van der Waals surface area contributed by atoms with Crippen LogP contribution in [0.1, 0.15) is 37.8 Å². The predicted molar refractivity (Wildman–Crippen MR) is 62.6 cm³/mol. The zero-order valence-electron chi connectivity index (χ0n) is 10.8. The largest absolute Gasteiger partial charge is 0.389 e. The molecule has 0 aliphatic rings. The van der Waals surface area contributed by atoms with Crippen LogP contribution in [0.2, 0.25) is 0 Å². The van der Waals surface area contributed by atoms with E-state index in [9.17, 15) is 26.3 Å². The van der Waals surface area contributed by atoms with Gasteiger partial charge < -0.3 is 5.32 Å². The maximum atomic E-state index is 13.6. The Hall–Kier alpha value is -1.24. The van der Waals surface area contributed by atoms with E-state index >= 15 is 0 Å². The third-order valence-corrected chi connectivity index (χ3v) is 2.75. The van der Waals surface area contributed by atoms with Crippen molar-refractivity contribution >= 4 is 0 Å². The zero-order chi connectivity index (χ0) is 15.3. The topological polar surface area (TPSA) is 12.0 Å². The lowest BCUT2D eigenvalue weighted by atomic mass is 10.00. The molecule has 0 fully saturated rings. The Balaban J connectivity index is 2.98. The fraction of sp³-hybridized carbons (Fsp3) is 0.538. The fourth-order valence-corrected chi connectivity index (χ4v) is 1.86. The molecule has 1 N–H and O–H groups in total. The van der Waals surface area contributed by atoms with Gasteiger partial charge in [-0.15, -0.1) is 0 Å². The van der Waals surface area contributed by atoms with Crippen molar-refractivity contribution in [2.75, 3.05) is 6.54 Å². The molecule has 1 unspecified atom stereocenters. The number of halogens is 6. The van der Waals surface area contributed by atoms with Crippen LogP contribution in [0.25, 0.3) is 0 Å². The highest BCUT2D eigenvalue weighted by atomic mass is 19.4. The minimum Gasteiger partial charge on any atom is -0.310 e. The molecule has 0 saturated heterocycles. The predicted octanol–water partition coefficient (Wildman–Crippen LogP) is 4.49. The summed E-state index contributed by atoms with van der Waals surface area (Å²) in [6.45, 7) is 2.07. The minimum absolute atomic E-state index is 0.304. The Morgan fingerprint density at radius 2 is 1.65 bits per heavy atom. The van der Waals surface area contributed by atoms with Gasteiger partial charge in [-0.05, 0) is 19.4 Å². The van der Waals surface area contributed by atoms with Crippen molar-refractivity contribution in [3.63, 3.8) is 0 Å². The second kappa shape index (κ2) is 6.97. The lowest BCUT2D eigenvalue weighted by Gasteiger charge is -2.21. The van der Waals surface area contributed by atoms with Crippen LogP contribution < -0.4 is 5.32 Å². The molecule has 1 aromatic carbocycles. The highest BCUT2D eigenvalue weighted by molar-refractivity contribution is 5.24. The minimum atomic E-state index is -4.42. The summed E-state index contributed by atoms with van der Waals surface area (Å²) >= 11 is 0. The van der Waals surface area contributed by atoms with E-state index in [1.165, 1.54) is 0 Å². The van der Waals surface area contributed by atoms with E-state index in [-0.39, 0.29) is 0 Å². The second-order valence-electron chi connectivity index (χ2n) is 4.44. The highest BCUT2D eigenvalue weighted by Gasteiger charge is 2.30. The highest BCUT2D eigenvalue weighted by Crippen LogP contribution is 2.30. The van der Waals surface area contributed by atoms with Crippen molar-refractivity contribution in [3.8, 4) is 0 Å². The fourth-order valence-electron chi connectivity index (χ4n) is 1.86. The molecule has 0 bridgehead atoms. The van der Waals surface area contributed by atoms with Gasteiger partial charge in [0, 0.05) is 30.2 Å². The lowest BCUT2D eigenvalue weighted by Crippen LogP contribution is -2.26. The molecule has 0 amide bonds. The molecular weight excluding hydrogens is 284 g/mol. The summed E-state index contributed by atoms with van der Waals surface area (Å²) in [5.41, 5.74) is -0.552. The third kappa shape index (κ3) is 5.03. The third-order valence-electron chi connectivity index (χ3n) is 2.75. The Morgan fingerprint density at radius 3 is 2.10 bits per heavy atom. The van der Waals surface area contributed by atoms with Crippen LogP contribution in [0.15, 0.2) is 12.1 Å². The number of benzene rings is 1. The standard InChI is InChI=1S/C13H15F6N/c1-2-5-20-11(3-4-13(17,18)19)12-9(15)6-8(14)7-10(12)16/h6-7,11,20H,2-5H2,1H3. The Bertz CT molecular complexity index is 420. The van der Waals surface area contributed by atoms with Gasteiger partial charge in [-0.25, -0.2) is 13.2 Å². The summed E-state index contributed by atoms with van der Waals surface area (Å²) in [4.78, 5) is 0. The van der Waals surface area contributed by atoms with Crippen LogP contribution in [0.5, 0.6) is 0 Å². The summed E-state index contributed by atoms with van der Waals surface area (Å²) < 4.78 is 76.8. The van der Waals surface area contributed by atoms with Crippen LogP contribution in [0.4, 0.5) is 26.3 Å². The molecule has 7 heteroatoms. The molecule has 0 aliphatic carbocycles. The average Bonchev–Trinajstić information content (AvgIpc) is 2.29. The molecule has 1 nitrogen and oxygen atoms in total. The Kier molecular flexibility index (Phi) is 5.86. The van der Waals surface area contributed by atoms with E-state index in [2.05, 4.69) is 5.32 Å². The maximum absolute atomic E-state index is 13.6. The molecule has 0 heterocycles. The van der Waals surface area contributed by atoms with Gasteiger partial charge in [0.25, 0.3) is 0 Å². The van der Waals surface area contributed by atoms with Gasteiger partial charge in [-0.3, -0.25) is 0 Å². The van der Waals surface area contributed by atoms with Gasteiger partial charge in [0.15, 0.2) is 0 Å². The molecule has 1 aromatic rings. The summed E-state index contributed by atoms with van der Waals surface area (Å²) in [5, 5.41) is 2.66. The maximum Gasteiger partial charge on any atom is 0.389 e. The van der Waals surface area contributed by atoms with E-state index in [0.29, 0.717) is 25.1 Å². The molecule has 0 radical (unpaired) electrons. The van der Waals surface area contributed by atoms with Crippen molar-refractivity contribution in [2.45, 2.75) is 38.4 Å². The van der Waals surface area contributed by atoms with Crippen LogP contribution in [0.3, 0.4) is 0 Å². The van der Waals surface area contributed by atoms with Crippen LogP contribution >= 0.6 is 0 Å².